The minimum atomic E-state index is -5.32. The molecule has 2 aromatic carbocycles. The number of nitrogens with one attached hydrogen (secondary N) is 3. The van der Waals surface area contributed by atoms with Gasteiger partial charge in [0.15, 0.2) is 16.7 Å². The first-order chi connectivity index (χ1) is 23.0. The number of para-hydroxylation sites is 1. The molecule has 3 N–H and O–H groups in total. The molecule has 3 amide bonds. The van der Waals surface area contributed by atoms with E-state index in [0.29, 0.717) is 16.9 Å². The zero-order chi connectivity index (χ0) is 34.0. The molecule has 2 aliphatic rings. The highest BCUT2D eigenvalue weighted by atomic mass is 35.5. The van der Waals surface area contributed by atoms with E-state index in [1.54, 1.807) is 42.7 Å². The number of hydrogen-bond acceptors (Lipinski definition) is 9. The molecule has 0 aliphatic carbocycles. The maximum atomic E-state index is 14.1. The van der Waals surface area contributed by atoms with Crippen LogP contribution >= 0.6 is 11.6 Å². The SMILES string of the molecule is C=C(OC(=O)C(F)(F)F)C(=O)Nc1cccc(N2C(=O)N(c3ccccc3)Cc3cnc(Nc4cn(C5CCNCC5)nc4Cl)nc32)c1. The number of carbonyl (C=O) groups is 3. The van der Waals surface area contributed by atoms with E-state index in [2.05, 4.69) is 42.3 Å². The quantitative estimate of drug-likeness (QED) is 0.119. The number of aromatic nitrogens is 4. The number of urea groups is 1. The van der Waals surface area contributed by atoms with Gasteiger partial charge >= 0.3 is 18.2 Å². The number of rotatable bonds is 8. The summed E-state index contributed by atoms with van der Waals surface area (Å²) >= 11 is 6.46. The first-order valence-electron chi connectivity index (χ1n) is 14.6. The van der Waals surface area contributed by atoms with Crippen LogP contribution in [0.4, 0.5) is 52.5 Å². The van der Waals surface area contributed by atoms with E-state index >= 15 is 0 Å². The Labute approximate surface area is 276 Å². The number of anilines is 6. The molecule has 0 saturated carbocycles. The van der Waals surface area contributed by atoms with Crippen LogP contribution in [0.1, 0.15) is 24.4 Å². The van der Waals surface area contributed by atoms with E-state index in [0.717, 1.165) is 25.9 Å². The Bertz CT molecular complexity index is 1880. The molecule has 0 bridgehead atoms. The average Bonchev–Trinajstić information content (AvgIpc) is 3.44. The lowest BCUT2D eigenvalue weighted by molar-refractivity contribution is -0.195. The van der Waals surface area contributed by atoms with Crippen molar-refractivity contribution in [2.45, 2.75) is 31.6 Å². The van der Waals surface area contributed by atoms with Gasteiger partial charge in [-0.2, -0.15) is 23.3 Å². The molecule has 0 radical (unpaired) electrons. The molecule has 13 nitrogen and oxygen atoms in total. The highest BCUT2D eigenvalue weighted by molar-refractivity contribution is 6.32. The van der Waals surface area contributed by atoms with Crippen molar-refractivity contribution in [1.82, 2.24) is 25.1 Å². The predicted octanol–water partition coefficient (Wildman–Crippen LogP) is 5.83. The summed E-state index contributed by atoms with van der Waals surface area (Å²) in [5.74, 6) is -4.48. The second-order valence-corrected chi connectivity index (χ2v) is 11.2. The highest BCUT2D eigenvalue weighted by Crippen LogP contribution is 2.37. The molecule has 4 heterocycles. The first-order valence-corrected chi connectivity index (χ1v) is 15.0. The molecule has 0 unspecified atom stereocenters. The van der Waals surface area contributed by atoms with Crippen LogP contribution in [0.2, 0.25) is 5.15 Å². The summed E-state index contributed by atoms with van der Waals surface area (Å²) in [6.45, 7) is 4.99. The number of carbonyl (C=O) groups excluding carboxylic acids is 3. The van der Waals surface area contributed by atoms with Gasteiger partial charge in [0.2, 0.25) is 5.95 Å². The molecule has 48 heavy (non-hydrogen) atoms. The zero-order valence-corrected chi connectivity index (χ0v) is 25.8. The van der Waals surface area contributed by atoms with Crippen LogP contribution in [0.15, 0.2) is 79.3 Å². The Hall–Kier alpha value is -5.48. The fraction of sp³-hybridized carbons (Fsp3) is 0.226. The minimum absolute atomic E-state index is 0.0670. The number of esters is 1. The summed E-state index contributed by atoms with van der Waals surface area (Å²) < 4.78 is 43.7. The fourth-order valence-electron chi connectivity index (χ4n) is 5.23. The second-order valence-electron chi connectivity index (χ2n) is 10.8. The van der Waals surface area contributed by atoms with Gasteiger partial charge in [0.05, 0.1) is 30.2 Å². The highest BCUT2D eigenvalue weighted by Gasteiger charge is 2.42. The number of benzene rings is 2. The van der Waals surface area contributed by atoms with Crippen LogP contribution in [-0.2, 0) is 20.9 Å². The number of fused-ring (bicyclic) bond motifs is 1. The fourth-order valence-corrected chi connectivity index (χ4v) is 5.41. The normalized spacial score (nSPS) is 15.1. The molecule has 248 valence electrons. The Balaban J connectivity index is 1.31. The molecule has 0 spiro atoms. The van der Waals surface area contributed by atoms with Crippen molar-refractivity contribution < 1.29 is 32.3 Å². The van der Waals surface area contributed by atoms with E-state index in [-0.39, 0.29) is 40.9 Å². The van der Waals surface area contributed by atoms with Crippen LogP contribution in [0.5, 0.6) is 0 Å². The summed E-state index contributed by atoms with van der Waals surface area (Å²) in [6.07, 6.45) is -0.157. The number of alkyl halides is 3. The lowest BCUT2D eigenvalue weighted by atomic mass is 10.1. The van der Waals surface area contributed by atoms with Gasteiger partial charge in [-0.3, -0.25) is 14.4 Å². The summed E-state index contributed by atoms with van der Waals surface area (Å²) in [5.41, 5.74) is 1.98. The maximum absolute atomic E-state index is 14.1. The Kier molecular flexibility index (Phi) is 9.01. The minimum Gasteiger partial charge on any atom is -0.415 e. The topological polar surface area (TPSA) is 147 Å². The van der Waals surface area contributed by atoms with Crippen LogP contribution in [0.3, 0.4) is 0 Å². The second kappa shape index (κ2) is 13.3. The first kappa shape index (κ1) is 32.5. The van der Waals surface area contributed by atoms with Crippen LogP contribution in [0, 0.1) is 0 Å². The van der Waals surface area contributed by atoms with Crippen molar-refractivity contribution in [3.8, 4) is 0 Å². The number of hydrogen-bond donors (Lipinski definition) is 3. The summed E-state index contributed by atoms with van der Waals surface area (Å²) in [6, 6.07) is 14.6. The van der Waals surface area contributed by atoms with Gasteiger partial charge in [-0.05, 0) is 56.3 Å². The summed E-state index contributed by atoms with van der Waals surface area (Å²) in [4.78, 5) is 49.8. The van der Waals surface area contributed by atoms with Gasteiger partial charge in [0.25, 0.3) is 5.91 Å². The van der Waals surface area contributed by atoms with Crippen LogP contribution < -0.4 is 25.8 Å². The van der Waals surface area contributed by atoms with Crippen molar-refractivity contribution in [2.75, 3.05) is 33.5 Å². The van der Waals surface area contributed by atoms with Crippen LogP contribution in [0.25, 0.3) is 0 Å². The predicted molar refractivity (Wildman–Crippen MR) is 170 cm³/mol. The number of amides is 3. The Morgan fingerprint density at radius 3 is 2.52 bits per heavy atom. The molecule has 1 saturated heterocycles. The Morgan fingerprint density at radius 2 is 1.79 bits per heavy atom. The van der Waals surface area contributed by atoms with E-state index < -0.39 is 29.8 Å². The van der Waals surface area contributed by atoms with E-state index in [9.17, 15) is 27.6 Å². The smallest absolute Gasteiger partial charge is 0.415 e. The molecule has 2 aliphatic heterocycles. The summed E-state index contributed by atoms with van der Waals surface area (Å²) in [7, 11) is 0. The number of halogens is 4. The van der Waals surface area contributed by atoms with Crippen molar-refractivity contribution in [2.24, 2.45) is 0 Å². The van der Waals surface area contributed by atoms with Gasteiger partial charge in [0, 0.05) is 23.1 Å². The maximum Gasteiger partial charge on any atom is 0.491 e. The van der Waals surface area contributed by atoms with E-state index in [4.69, 9.17) is 11.6 Å². The monoisotopic (exact) mass is 681 g/mol. The van der Waals surface area contributed by atoms with E-state index in [1.165, 1.54) is 28.0 Å². The third-order valence-corrected chi connectivity index (χ3v) is 7.83. The molecule has 0 atom stereocenters. The molecule has 1 fully saturated rings. The van der Waals surface area contributed by atoms with Gasteiger partial charge in [-0.25, -0.2) is 19.5 Å². The number of nitrogens with zero attached hydrogens (tertiary/aromatic N) is 6. The molecular formula is C31H27ClF3N9O4. The standard InChI is InChI=1S/C31H27ClF3N9O4/c1-18(48-28(46)31(33,34)35)27(45)38-20-6-5-9-23(14-20)44-26-19(16-42(30(44)47)21-7-3-2-4-8-21)15-37-29(40-26)39-24-17-43(41-25(24)32)22-10-12-36-13-11-22/h2-9,14-15,17,22,36H,1,10-13,16H2,(H,38,45)(H,37,39,40). The van der Waals surface area contributed by atoms with Gasteiger partial charge < -0.3 is 20.7 Å². The van der Waals surface area contributed by atoms with Crippen molar-refractivity contribution in [3.63, 3.8) is 0 Å². The molecule has 6 rings (SSSR count). The van der Waals surface area contributed by atoms with Crippen molar-refractivity contribution in [1.29, 1.82) is 0 Å². The Morgan fingerprint density at radius 1 is 1.06 bits per heavy atom. The van der Waals surface area contributed by atoms with Gasteiger partial charge in [-0.15, -0.1) is 0 Å². The van der Waals surface area contributed by atoms with Gasteiger partial charge in [-0.1, -0.05) is 42.4 Å². The molecule has 4 aromatic rings. The molecular weight excluding hydrogens is 655 g/mol. The lowest BCUT2D eigenvalue weighted by Gasteiger charge is -2.36. The number of ether oxygens (including phenoxy) is 1. The molecule has 17 heteroatoms. The van der Waals surface area contributed by atoms with Crippen LogP contribution in [-0.4, -0.2) is 56.9 Å². The summed E-state index contributed by atoms with van der Waals surface area (Å²) in [5, 5.41) is 13.4. The average molecular weight is 682 g/mol. The third-order valence-electron chi connectivity index (χ3n) is 7.55. The third kappa shape index (κ3) is 6.94. The van der Waals surface area contributed by atoms with Gasteiger partial charge in [0.1, 0.15) is 0 Å². The lowest BCUT2D eigenvalue weighted by Crippen LogP contribution is -2.45. The van der Waals surface area contributed by atoms with Crippen molar-refractivity contribution in [3.05, 3.63) is 90.0 Å². The van der Waals surface area contributed by atoms with Crippen molar-refractivity contribution >= 4 is 64.0 Å². The molecule has 2 aromatic heterocycles. The largest absolute Gasteiger partial charge is 0.491 e. The van der Waals surface area contributed by atoms with E-state index in [1.807, 2.05) is 10.7 Å². The number of piperidine rings is 1. The zero-order valence-electron chi connectivity index (χ0n) is 25.0.